The van der Waals surface area contributed by atoms with Crippen molar-refractivity contribution < 1.29 is 14.6 Å². The smallest absolute Gasteiger partial charge is 0.341 e. The quantitative estimate of drug-likeness (QED) is 0.259. The van der Waals surface area contributed by atoms with Crippen LogP contribution in [0.4, 0.5) is 0 Å². The number of ether oxygens (including phenoxy) is 1. The number of hydrogen-bond acceptors (Lipinski definition) is 3. The summed E-state index contributed by atoms with van der Waals surface area (Å²) in [6, 6.07) is 23.9. The number of carboxylic acids is 1. The van der Waals surface area contributed by atoms with Crippen molar-refractivity contribution in [2.75, 3.05) is 12.4 Å². The van der Waals surface area contributed by atoms with Crippen LogP contribution in [0.15, 0.2) is 83.8 Å². The van der Waals surface area contributed by atoms with Crippen molar-refractivity contribution in [2.45, 2.75) is 4.90 Å². The van der Waals surface area contributed by atoms with Gasteiger partial charge in [-0.3, -0.25) is 0 Å². The third kappa shape index (κ3) is 6.26. The van der Waals surface area contributed by atoms with Gasteiger partial charge in [0, 0.05) is 14.2 Å². The van der Waals surface area contributed by atoms with Gasteiger partial charge in [-0.1, -0.05) is 66.2 Å². The van der Waals surface area contributed by atoms with Gasteiger partial charge in [0.05, 0.1) is 5.02 Å². The summed E-state index contributed by atoms with van der Waals surface area (Å²) in [5, 5.41) is 9.25. The van der Waals surface area contributed by atoms with Gasteiger partial charge in [0.1, 0.15) is 5.75 Å². The fraction of sp³-hybridized carbons (Fsp3) is 0.0870. The second-order valence-corrected chi connectivity index (χ2v) is 8.68. The number of thioether (sulfide) groups is 1. The number of halogens is 2. The Morgan fingerprint density at radius 2 is 1.79 bits per heavy atom. The van der Waals surface area contributed by atoms with Gasteiger partial charge in [-0.25, -0.2) is 4.79 Å². The minimum Gasteiger partial charge on any atom is -0.482 e. The molecule has 0 aliphatic carbocycles. The van der Waals surface area contributed by atoms with E-state index in [0.717, 1.165) is 10.6 Å². The Morgan fingerprint density at radius 1 is 1.07 bits per heavy atom. The van der Waals surface area contributed by atoms with Crippen LogP contribution < -0.4 is 4.74 Å². The van der Waals surface area contributed by atoms with Crippen LogP contribution in [0.1, 0.15) is 11.1 Å². The lowest BCUT2D eigenvalue weighted by Crippen LogP contribution is -2.09. The molecule has 148 valence electrons. The monoisotopic (exact) mass is 536 g/mol. The highest BCUT2D eigenvalue weighted by Crippen LogP contribution is 2.33. The van der Waals surface area contributed by atoms with Crippen molar-refractivity contribution >= 4 is 57.5 Å². The molecule has 0 aliphatic heterocycles. The van der Waals surface area contributed by atoms with Crippen molar-refractivity contribution in [3.05, 3.63) is 98.6 Å². The number of carboxylic acid groups (broad SMARTS) is 1. The van der Waals surface area contributed by atoms with E-state index >= 15 is 0 Å². The Kier molecular flexibility index (Phi) is 8.03. The van der Waals surface area contributed by atoms with Gasteiger partial charge in [0.2, 0.25) is 0 Å². The molecular formula is C23H18ClIO3S. The molecule has 0 heterocycles. The van der Waals surface area contributed by atoms with E-state index in [9.17, 15) is 4.79 Å². The Labute approximate surface area is 192 Å². The average Bonchev–Trinajstić information content (AvgIpc) is 2.72. The minimum atomic E-state index is -1.02. The molecule has 1 N–H and O–H groups in total. The van der Waals surface area contributed by atoms with Crippen LogP contribution in [0.2, 0.25) is 5.02 Å². The van der Waals surface area contributed by atoms with Crippen LogP contribution in [0.5, 0.6) is 5.75 Å². The van der Waals surface area contributed by atoms with E-state index in [-0.39, 0.29) is 6.61 Å². The number of rotatable bonds is 8. The van der Waals surface area contributed by atoms with Crippen molar-refractivity contribution in [1.82, 2.24) is 0 Å². The highest BCUT2D eigenvalue weighted by Gasteiger charge is 2.09. The molecule has 3 rings (SSSR count). The second-order valence-electron chi connectivity index (χ2n) is 6.05. The van der Waals surface area contributed by atoms with E-state index in [1.165, 1.54) is 20.3 Å². The first kappa shape index (κ1) is 21.7. The maximum absolute atomic E-state index is 10.6. The lowest BCUT2D eigenvalue weighted by atomic mass is 9.98. The normalized spacial score (nSPS) is 11.3. The van der Waals surface area contributed by atoms with E-state index < -0.39 is 5.97 Å². The van der Waals surface area contributed by atoms with E-state index in [1.54, 1.807) is 23.9 Å². The van der Waals surface area contributed by atoms with Crippen LogP contribution in [0, 0.1) is 3.57 Å². The molecule has 0 fully saturated rings. The Bertz CT molecular complexity index is 1020. The molecule has 3 nitrogen and oxygen atoms in total. The molecule has 6 heteroatoms. The van der Waals surface area contributed by atoms with Crippen molar-refractivity contribution in [3.8, 4) is 5.75 Å². The van der Waals surface area contributed by atoms with E-state index in [4.69, 9.17) is 21.4 Å². The topological polar surface area (TPSA) is 46.5 Å². The van der Waals surface area contributed by atoms with Crippen molar-refractivity contribution in [2.24, 2.45) is 0 Å². The van der Waals surface area contributed by atoms with Gasteiger partial charge in [0.25, 0.3) is 0 Å². The fourth-order valence-corrected chi connectivity index (χ4v) is 4.53. The Hall–Kier alpha value is -1.96. The summed E-state index contributed by atoms with van der Waals surface area (Å²) in [7, 11) is 0. The molecule has 0 atom stereocenters. The number of benzene rings is 3. The summed E-state index contributed by atoms with van der Waals surface area (Å²) < 4.78 is 6.37. The summed E-state index contributed by atoms with van der Waals surface area (Å²) >= 11 is 10.3. The highest BCUT2D eigenvalue weighted by atomic mass is 127. The van der Waals surface area contributed by atoms with Crippen LogP contribution in [0.3, 0.4) is 0 Å². The maximum Gasteiger partial charge on any atom is 0.341 e. The van der Waals surface area contributed by atoms with Crippen LogP contribution in [0.25, 0.3) is 5.57 Å². The summed E-state index contributed by atoms with van der Waals surface area (Å²) in [5.41, 5.74) is 3.55. The molecular weight excluding hydrogens is 519 g/mol. The van der Waals surface area contributed by atoms with Crippen LogP contribution >= 0.6 is 46.0 Å². The lowest BCUT2D eigenvalue weighted by molar-refractivity contribution is -0.139. The van der Waals surface area contributed by atoms with Crippen LogP contribution in [-0.4, -0.2) is 23.4 Å². The van der Waals surface area contributed by atoms with Gasteiger partial charge in [-0.2, -0.15) is 0 Å². The standard InChI is InChI=1S/C23H18ClIO3S/c24-20-14-17(28-15-23(26)27)10-11-22(20)29-13-12-18(16-6-2-1-3-7-16)19-8-4-5-9-21(19)25/h1-12,14H,13,15H2,(H,26,27). The van der Waals surface area contributed by atoms with E-state index in [2.05, 4.69) is 52.9 Å². The SMILES string of the molecule is O=C(O)COc1ccc(SCC=C(c2ccccc2)c2ccccc2I)c(Cl)c1. The lowest BCUT2D eigenvalue weighted by Gasteiger charge is -2.11. The third-order valence-corrected chi connectivity index (χ3v) is 6.41. The molecule has 0 bridgehead atoms. The second kappa shape index (κ2) is 10.7. The zero-order chi connectivity index (χ0) is 20.6. The number of carbonyl (C=O) groups is 1. The molecule has 0 radical (unpaired) electrons. The van der Waals surface area contributed by atoms with Gasteiger partial charge in [-0.15, -0.1) is 11.8 Å². The molecule has 0 saturated carbocycles. The van der Waals surface area contributed by atoms with Crippen molar-refractivity contribution in [1.29, 1.82) is 0 Å². The molecule has 0 spiro atoms. The Morgan fingerprint density at radius 3 is 2.48 bits per heavy atom. The van der Waals surface area contributed by atoms with Gasteiger partial charge >= 0.3 is 5.97 Å². The molecule has 0 aromatic heterocycles. The zero-order valence-electron chi connectivity index (χ0n) is 15.3. The summed E-state index contributed by atoms with van der Waals surface area (Å²) in [5.74, 6) is 0.166. The van der Waals surface area contributed by atoms with Crippen LogP contribution in [-0.2, 0) is 4.79 Å². The first-order valence-corrected chi connectivity index (χ1v) is 11.3. The van der Waals surface area contributed by atoms with E-state index in [0.29, 0.717) is 10.8 Å². The predicted molar refractivity (Wildman–Crippen MR) is 128 cm³/mol. The molecule has 3 aromatic rings. The molecule has 0 aliphatic rings. The van der Waals surface area contributed by atoms with Gasteiger partial charge in [-0.05, 0) is 63.6 Å². The number of hydrogen-bond donors (Lipinski definition) is 1. The van der Waals surface area contributed by atoms with Gasteiger partial charge < -0.3 is 9.84 Å². The first-order valence-electron chi connectivity index (χ1n) is 8.82. The predicted octanol–water partition coefficient (Wildman–Crippen LogP) is 6.63. The van der Waals surface area contributed by atoms with E-state index in [1.807, 2.05) is 36.4 Å². The zero-order valence-corrected chi connectivity index (χ0v) is 19.1. The highest BCUT2D eigenvalue weighted by molar-refractivity contribution is 14.1. The Balaban J connectivity index is 1.78. The number of aliphatic carboxylic acids is 1. The first-order chi connectivity index (χ1) is 14.0. The summed E-state index contributed by atoms with van der Waals surface area (Å²) in [6.07, 6.45) is 2.21. The minimum absolute atomic E-state index is 0.387. The third-order valence-electron chi connectivity index (χ3n) is 4.04. The molecule has 0 unspecified atom stereocenters. The maximum atomic E-state index is 10.6. The van der Waals surface area contributed by atoms with Gasteiger partial charge in [0.15, 0.2) is 6.61 Å². The molecule has 0 amide bonds. The summed E-state index contributed by atoms with van der Waals surface area (Å²) in [4.78, 5) is 11.5. The summed E-state index contributed by atoms with van der Waals surface area (Å²) in [6.45, 7) is -0.387. The van der Waals surface area contributed by atoms with Crippen molar-refractivity contribution in [3.63, 3.8) is 0 Å². The molecule has 0 saturated heterocycles. The molecule has 29 heavy (non-hydrogen) atoms. The molecule has 3 aromatic carbocycles. The fourth-order valence-electron chi connectivity index (χ4n) is 2.73. The largest absolute Gasteiger partial charge is 0.482 e. The average molecular weight is 537 g/mol.